The molecule has 3 aromatic rings. The van der Waals surface area contributed by atoms with Gasteiger partial charge in [0.1, 0.15) is 5.76 Å². The van der Waals surface area contributed by atoms with Crippen molar-refractivity contribution in [1.82, 2.24) is 14.6 Å². The zero-order valence-corrected chi connectivity index (χ0v) is 19.4. The number of hydrogen-bond donors (Lipinski definition) is 1. The highest BCUT2D eigenvalue weighted by Crippen LogP contribution is 2.38. The first-order valence-electron chi connectivity index (χ1n) is 11.3. The molecule has 2 aliphatic rings. The predicted molar refractivity (Wildman–Crippen MR) is 128 cm³/mol. The van der Waals surface area contributed by atoms with Crippen molar-refractivity contribution in [2.45, 2.75) is 26.2 Å². The maximum absolute atomic E-state index is 13.5. The Morgan fingerprint density at radius 2 is 2.09 bits per heavy atom. The van der Waals surface area contributed by atoms with Gasteiger partial charge in [-0.15, -0.1) is 0 Å². The number of nitrogens with zero attached hydrogens (tertiary/aromatic N) is 2. The number of amides is 1. The quantitative estimate of drug-likeness (QED) is 0.620. The van der Waals surface area contributed by atoms with Crippen LogP contribution in [0, 0.1) is 5.92 Å². The van der Waals surface area contributed by atoms with Gasteiger partial charge in [0.15, 0.2) is 0 Å². The van der Waals surface area contributed by atoms with Crippen LogP contribution >= 0.6 is 0 Å². The highest BCUT2D eigenvalue weighted by Gasteiger charge is 2.30. The van der Waals surface area contributed by atoms with Gasteiger partial charge >= 0.3 is 0 Å². The number of carbonyl (C=O) groups is 1. The molecule has 0 saturated carbocycles. The molecule has 1 fully saturated rings. The molecule has 2 aromatic heterocycles. The molecule has 0 bridgehead atoms. The average molecular weight is 466 g/mol. The van der Waals surface area contributed by atoms with Crippen molar-refractivity contribution in [2.75, 3.05) is 25.4 Å². The monoisotopic (exact) mass is 465 g/mol. The highest BCUT2D eigenvalue weighted by atomic mass is 32.2. The molecule has 1 unspecified atom stereocenters. The second-order valence-corrected chi connectivity index (χ2v) is 10.9. The summed E-state index contributed by atoms with van der Waals surface area (Å²) >= 11 is 0. The lowest BCUT2D eigenvalue weighted by Gasteiger charge is -2.26. The Kier molecular flexibility index (Phi) is 5.80. The summed E-state index contributed by atoms with van der Waals surface area (Å²) in [7, 11) is -3.18. The van der Waals surface area contributed by atoms with Gasteiger partial charge in [-0.3, -0.25) is 4.79 Å². The van der Waals surface area contributed by atoms with E-state index in [2.05, 4.69) is 12.2 Å². The molecular formula is C25H27N3O4S. The number of fused-ring (bicyclic) bond motifs is 2. The fourth-order valence-corrected chi connectivity index (χ4v) is 6.39. The number of nitrogens with one attached hydrogen (secondary N) is 1. The van der Waals surface area contributed by atoms with Gasteiger partial charge in [-0.2, -0.15) is 0 Å². The molecule has 1 N–H and O–H groups in total. The van der Waals surface area contributed by atoms with Gasteiger partial charge < -0.3 is 9.73 Å². The van der Waals surface area contributed by atoms with E-state index in [1.807, 2.05) is 42.5 Å². The topological polar surface area (TPSA) is 92.5 Å². The number of carbonyl (C=O) groups excluding carboxylic acids is 1. The van der Waals surface area contributed by atoms with E-state index in [1.54, 1.807) is 6.26 Å². The Balaban J connectivity index is 1.51. The molecule has 1 aliphatic heterocycles. The fraction of sp³-hybridized carbons (Fsp3) is 0.360. The van der Waals surface area contributed by atoms with Crippen molar-refractivity contribution in [3.8, 4) is 0 Å². The van der Waals surface area contributed by atoms with Crippen LogP contribution < -0.4 is 5.32 Å². The van der Waals surface area contributed by atoms with Crippen molar-refractivity contribution < 1.29 is 17.6 Å². The van der Waals surface area contributed by atoms with Crippen LogP contribution in [0.2, 0.25) is 0 Å². The molecule has 1 aromatic carbocycles. The van der Waals surface area contributed by atoms with E-state index in [9.17, 15) is 13.2 Å². The van der Waals surface area contributed by atoms with E-state index in [1.165, 1.54) is 4.31 Å². The first-order valence-corrected chi connectivity index (χ1v) is 13.0. The van der Waals surface area contributed by atoms with Crippen LogP contribution in [0.15, 0.2) is 47.1 Å². The van der Waals surface area contributed by atoms with Crippen LogP contribution in [0.25, 0.3) is 22.6 Å². The van der Waals surface area contributed by atoms with Crippen LogP contribution in [-0.4, -0.2) is 49.0 Å². The Hall–Kier alpha value is -2.97. The number of benzene rings is 1. The Morgan fingerprint density at radius 3 is 2.85 bits per heavy atom. The maximum atomic E-state index is 13.5. The number of pyridine rings is 1. The largest absolute Gasteiger partial charge is 0.465 e. The first kappa shape index (κ1) is 21.9. The number of furan rings is 1. The Labute approximate surface area is 193 Å². The summed E-state index contributed by atoms with van der Waals surface area (Å²) in [5, 5.41) is 3.78. The van der Waals surface area contributed by atoms with E-state index < -0.39 is 10.0 Å². The molecule has 0 radical (unpaired) electrons. The molecule has 1 aliphatic carbocycles. The summed E-state index contributed by atoms with van der Waals surface area (Å²) in [5.74, 6) is 1.11. The molecule has 1 saturated heterocycles. The number of hydrogen-bond acceptors (Lipinski definition) is 5. The molecule has 33 heavy (non-hydrogen) atoms. The van der Waals surface area contributed by atoms with E-state index in [0.717, 1.165) is 46.3 Å². The standard InChI is InChI=1S/C25H27N3O4S/c1-17-14-18(16-19-6-4-12-32-19)24-21(15-17)23(20-7-2-3-8-22(20)27-24)25(29)26-9-11-28-10-5-13-33(28,30)31/h2-4,6-8,12,16-17H,5,9-11,13-15H2,1H3,(H,26,29). The van der Waals surface area contributed by atoms with Gasteiger partial charge in [0.05, 0.1) is 28.8 Å². The third-order valence-corrected chi connectivity index (χ3v) is 8.31. The third-order valence-electron chi connectivity index (χ3n) is 6.36. The SMILES string of the molecule is CC1CC(=Cc2ccco2)c2nc3ccccc3c(C(=O)NCCN3CCCS3(=O)=O)c2C1. The molecular weight excluding hydrogens is 438 g/mol. The molecule has 1 amide bonds. The molecule has 7 nitrogen and oxygen atoms in total. The normalized spacial score (nSPS) is 21.4. The smallest absolute Gasteiger partial charge is 0.252 e. The molecule has 0 spiro atoms. The van der Waals surface area contributed by atoms with Gasteiger partial charge in [0.25, 0.3) is 5.91 Å². The maximum Gasteiger partial charge on any atom is 0.252 e. The summed E-state index contributed by atoms with van der Waals surface area (Å²) < 4.78 is 31.1. The molecule has 5 rings (SSSR count). The van der Waals surface area contributed by atoms with Crippen LogP contribution in [0.1, 0.15) is 47.1 Å². The van der Waals surface area contributed by atoms with Crippen LogP contribution in [0.3, 0.4) is 0 Å². The van der Waals surface area contributed by atoms with Gasteiger partial charge in [0, 0.05) is 25.0 Å². The first-order chi connectivity index (χ1) is 15.9. The van der Waals surface area contributed by atoms with Crippen LogP contribution in [0.4, 0.5) is 0 Å². The lowest BCUT2D eigenvalue weighted by atomic mass is 9.80. The molecule has 1 atom stereocenters. The van der Waals surface area contributed by atoms with E-state index in [0.29, 0.717) is 31.0 Å². The fourth-order valence-electron chi connectivity index (χ4n) is 4.87. The van der Waals surface area contributed by atoms with Crippen LogP contribution in [0.5, 0.6) is 0 Å². The average Bonchev–Trinajstić information content (AvgIpc) is 3.41. The zero-order valence-electron chi connectivity index (χ0n) is 18.6. The van der Waals surface area contributed by atoms with Gasteiger partial charge in [-0.1, -0.05) is 25.1 Å². The lowest BCUT2D eigenvalue weighted by Crippen LogP contribution is -2.36. The highest BCUT2D eigenvalue weighted by molar-refractivity contribution is 7.89. The number of allylic oxidation sites excluding steroid dienone is 1. The van der Waals surface area contributed by atoms with Gasteiger partial charge in [-0.05, 0) is 60.6 Å². The number of para-hydroxylation sites is 1. The molecule has 172 valence electrons. The number of aromatic nitrogens is 1. The summed E-state index contributed by atoms with van der Waals surface area (Å²) in [6.07, 6.45) is 5.91. The Morgan fingerprint density at radius 1 is 1.24 bits per heavy atom. The zero-order chi connectivity index (χ0) is 23.0. The lowest BCUT2D eigenvalue weighted by molar-refractivity contribution is 0.0952. The number of rotatable bonds is 5. The van der Waals surface area contributed by atoms with Crippen LogP contribution in [-0.2, 0) is 16.4 Å². The van der Waals surface area contributed by atoms with Crippen molar-refractivity contribution >= 4 is 38.5 Å². The molecule has 8 heteroatoms. The van der Waals surface area contributed by atoms with Crippen molar-refractivity contribution in [3.05, 3.63) is 65.2 Å². The predicted octanol–water partition coefficient (Wildman–Crippen LogP) is 3.72. The third kappa shape index (κ3) is 4.32. The summed E-state index contributed by atoms with van der Waals surface area (Å²) in [6, 6.07) is 11.4. The summed E-state index contributed by atoms with van der Waals surface area (Å²) in [4.78, 5) is 18.4. The summed E-state index contributed by atoms with van der Waals surface area (Å²) in [6.45, 7) is 3.26. The van der Waals surface area contributed by atoms with Crippen molar-refractivity contribution in [2.24, 2.45) is 5.92 Å². The second kappa shape index (κ2) is 8.76. The summed E-state index contributed by atoms with van der Waals surface area (Å²) in [5.41, 5.74) is 4.24. The van der Waals surface area contributed by atoms with E-state index in [4.69, 9.17) is 9.40 Å². The van der Waals surface area contributed by atoms with Crippen molar-refractivity contribution in [1.29, 1.82) is 0 Å². The minimum atomic E-state index is -3.18. The second-order valence-electron chi connectivity index (χ2n) is 8.85. The molecule has 3 heterocycles. The minimum Gasteiger partial charge on any atom is -0.465 e. The number of sulfonamides is 1. The minimum absolute atomic E-state index is 0.187. The Bertz CT molecular complexity index is 1330. The van der Waals surface area contributed by atoms with E-state index >= 15 is 0 Å². The van der Waals surface area contributed by atoms with Crippen molar-refractivity contribution in [3.63, 3.8) is 0 Å². The van der Waals surface area contributed by atoms with Gasteiger partial charge in [-0.25, -0.2) is 17.7 Å². The van der Waals surface area contributed by atoms with Gasteiger partial charge in [0.2, 0.25) is 10.0 Å². The van der Waals surface area contributed by atoms with E-state index in [-0.39, 0.29) is 18.2 Å².